The third-order valence-corrected chi connectivity index (χ3v) is 3.87. The van der Waals surface area contributed by atoms with Crippen LogP contribution in [-0.2, 0) is 13.2 Å². The topological polar surface area (TPSA) is 99.3 Å². The van der Waals surface area contributed by atoms with Crippen LogP contribution in [0.4, 0.5) is 24.5 Å². The van der Waals surface area contributed by atoms with Crippen molar-refractivity contribution in [2.24, 2.45) is 7.05 Å². The number of hydrogen-bond donors (Lipinski definition) is 1. The van der Waals surface area contributed by atoms with Crippen molar-refractivity contribution in [3.8, 4) is 5.75 Å². The maximum atomic E-state index is 12.8. The van der Waals surface area contributed by atoms with Gasteiger partial charge in [-0.1, -0.05) is 0 Å². The van der Waals surface area contributed by atoms with Crippen LogP contribution in [-0.4, -0.2) is 27.7 Å². The lowest BCUT2D eigenvalue weighted by atomic mass is 10.2. The summed E-state index contributed by atoms with van der Waals surface area (Å²) in [5, 5.41) is 16.4. The van der Waals surface area contributed by atoms with Crippen LogP contribution in [0.2, 0.25) is 0 Å². The largest absolute Gasteiger partial charge is 0.494 e. The molecule has 1 amide bonds. The number of amides is 1. The second-order valence-corrected chi connectivity index (χ2v) is 5.52. The molecule has 1 aromatic heterocycles. The molecule has 8 nitrogen and oxygen atoms in total. The number of anilines is 1. The average molecular weight is 423 g/mol. The van der Waals surface area contributed by atoms with Crippen molar-refractivity contribution in [1.29, 1.82) is 0 Å². The number of ether oxygens (including phenoxy) is 1. The van der Waals surface area contributed by atoms with E-state index in [1.165, 1.54) is 20.2 Å². The van der Waals surface area contributed by atoms with Gasteiger partial charge in [-0.15, -0.1) is 0 Å². The average Bonchev–Trinajstić information content (AvgIpc) is 2.82. The van der Waals surface area contributed by atoms with E-state index in [0.29, 0.717) is 0 Å². The van der Waals surface area contributed by atoms with Gasteiger partial charge in [0.25, 0.3) is 11.6 Å². The van der Waals surface area contributed by atoms with Crippen molar-refractivity contribution in [2.45, 2.75) is 6.18 Å². The van der Waals surface area contributed by atoms with Crippen LogP contribution in [0, 0.1) is 10.1 Å². The first-order valence-corrected chi connectivity index (χ1v) is 7.29. The summed E-state index contributed by atoms with van der Waals surface area (Å²) >= 11 is 2.73. The number of nitro benzene ring substituents is 1. The van der Waals surface area contributed by atoms with Gasteiger partial charge in [0.05, 0.1) is 28.3 Å². The Balaban J connectivity index is 2.38. The van der Waals surface area contributed by atoms with Gasteiger partial charge in [0.15, 0.2) is 5.69 Å². The Bertz CT molecular complexity index is 851. The molecule has 25 heavy (non-hydrogen) atoms. The molecule has 1 aromatic carbocycles. The predicted molar refractivity (Wildman–Crippen MR) is 83.5 cm³/mol. The van der Waals surface area contributed by atoms with Gasteiger partial charge in [0.2, 0.25) is 0 Å². The fourth-order valence-corrected chi connectivity index (χ4v) is 2.74. The Morgan fingerprint density at radius 2 is 2.08 bits per heavy atom. The lowest BCUT2D eigenvalue weighted by Gasteiger charge is -2.10. The van der Waals surface area contributed by atoms with Crippen LogP contribution in [0.5, 0.6) is 5.75 Å². The Hall–Kier alpha value is -2.63. The molecule has 0 saturated carbocycles. The second kappa shape index (κ2) is 6.70. The van der Waals surface area contributed by atoms with Gasteiger partial charge < -0.3 is 10.1 Å². The summed E-state index contributed by atoms with van der Waals surface area (Å²) in [4.78, 5) is 22.4. The van der Waals surface area contributed by atoms with Crippen LogP contribution in [0.1, 0.15) is 16.2 Å². The van der Waals surface area contributed by atoms with Crippen molar-refractivity contribution >= 4 is 33.2 Å². The minimum absolute atomic E-state index is 0.0168. The number of nitrogens with one attached hydrogen (secondary N) is 1. The van der Waals surface area contributed by atoms with Crippen molar-refractivity contribution in [3.05, 3.63) is 44.2 Å². The molecule has 0 saturated heterocycles. The second-order valence-electron chi connectivity index (χ2n) is 4.73. The minimum Gasteiger partial charge on any atom is -0.494 e. The van der Waals surface area contributed by atoms with Gasteiger partial charge in [-0.25, -0.2) is 0 Å². The molecule has 0 spiro atoms. The van der Waals surface area contributed by atoms with E-state index in [1.807, 2.05) is 0 Å². The molecular formula is C13H10BrF3N4O4. The Labute approximate surface area is 146 Å². The monoisotopic (exact) mass is 422 g/mol. The molecular weight excluding hydrogens is 413 g/mol. The summed E-state index contributed by atoms with van der Waals surface area (Å²) in [6.45, 7) is 0. The number of alkyl halides is 3. The first-order valence-electron chi connectivity index (χ1n) is 6.49. The van der Waals surface area contributed by atoms with E-state index in [0.717, 1.165) is 16.8 Å². The molecule has 0 atom stereocenters. The van der Waals surface area contributed by atoms with Gasteiger partial charge in [0.1, 0.15) is 11.4 Å². The summed E-state index contributed by atoms with van der Waals surface area (Å²) in [6.07, 6.45) is -4.74. The van der Waals surface area contributed by atoms with E-state index in [9.17, 15) is 28.1 Å². The fraction of sp³-hybridized carbons (Fsp3) is 0.231. The highest BCUT2D eigenvalue weighted by atomic mass is 79.9. The number of nitro groups is 1. The third-order valence-electron chi connectivity index (χ3n) is 3.12. The predicted octanol–water partition coefficient (Wildman–Crippen LogP) is 3.37. The van der Waals surface area contributed by atoms with Crippen molar-refractivity contribution in [1.82, 2.24) is 9.78 Å². The number of benzene rings is 1. The smallest absolute Gasteiger partial charge is 0.436 e. The van der Waals surface area contributed by atoms with Gasteiger partial charge in [-0.2, -0.15) is 18.3 Å². The molecule has 0 unspecified atom stereocenters. The summed E-state index contributed by atoms with van der Waals surface area (Å²) < 4.78 is 43.8. The molecule has 0 aliphatic heterocycles. The number of hydrogen-bond acceptors (Lipinski definition) is 5. The number of non-ortho nitro benzene ring substituents is 1. The number of nitrogens with zero attached hydrogens (tertiary/aromatic N) is 3. The summed E-state index contributed by atoms with van der Waals surface area (Å²) in [6, 6.07) is 3.41. The van der Waals surface area contributed by atoms with Crippen molar-refractivity contribution < 1.29 is 27.6 Å². The third kappa shape index (κ3) is 3.73. The quantitative estimate of drug-likeness (QED) is 0.601. The highest BCUT2D eigenvalue weighted by Crippen LogP contribution is 2.36. The van der Waals surface area contributed by atoms with Gasteiger partial charge in [-0.05, 0) is 22.0 Å². The SMILES string of the molecule is COc1cc([N+](=O)[O-])ccc1NC(=O)c1c(Br)c(C(F)(F)F)nn1C. The van der Waals surface area contributed by atoms with E-state index in [4.69, 9.17) is 4.74 Å². The van der Waals surface area contributed by atoms with Gasteiger partial charge in [0, 0.05) is 13.1 Å². The lowest BCUT2D eigenvalue weighted by molar-refractivity contribution is -0.384. The van der Waals surface area contributed by atoms with E-state index in [2.05, 4.69) is 26.3 Å². The summed E-state index contributed by atoms with van der Waals surface area (Å²) in [5.41, 5.74) is -1.82. The minimum atomic E-state index is -4.74. The van der Waals surface area contributed by atoms with E-state index >= 15 is 0 Å². The van der Waals surface area contributed by atoms with Gasteiger partial charge >= 0.3 is 6.18 Å². The summed E-state index contributed by atoms with van der Waals surface area (Å²) in [5.74, 6) is -0.915. The van der Waals surface area contributed by atoms with Gasteiger partial charge in [-0.3, -0.25) is 19.6 Å². The highest BCUT2D eigenvalue weighted by molar-refractivity contribution is 9.10. The molecule has 12 heteroatoms. The molecule has 1 heterocycles. The van der Waals surface area contributed by atoms with Crippen LogP contribution in [0.3, 0.4) is 0 Å². The molecule has 0 radical (unpaired) electrons. The van der Waals surface area contributed by atoms with Crippen LogP contribution in [0.25, 0.3) is 0 Å². The Morgan fingerprint density at radius 3 is 2.56 bits per heavy atom. The molecule has 134 valence electrons. The summed E-state index contributed by atoms with van der Waals surface area (Å²) in [7, 11) is 2.42. The fourth-order valence-electron chi connectivity index (χ4n) is 2.00. The zero-order valence-corrected chi connectivity index (χ0v) is 14.3. The maximum absolute atomic E-state index is 12.8. The first kappa shape index (κ1) is 18.7. The van der Waals surface area contributed by atoms with Crippen LogP contribution in [0.15, 0.2) is 22.7 Å². The maximum Gasteiger partial charge on any atom is 0.436 e. The number of carbonyl (C=O) groups is 1. The highest BCUT2D eigenvalue weighted by Gasteiger charge is 2.39. The molecule has 2 aromatic rings. The number of rotatable bonds is 4. The van der Waals surface area contributed by atoms with Crippen molar-refractivity contribution in [2.75, 3.05) is 12.4 Å². The molecule has 0 aliphatic carbocycles. The van der Waals surface area contributed by atoms with Crippen LogP contribution >= 0.6 is 15.9 Å². The Kier molecular flexibility index (Phi) is 5.02. The standard InChI is InChI=1S/C13H10BrF3N4O4/c1-20-10(9(14)11(19-20)13(15,16)17)12(22)18-7-4-3-6(21(23)24)5-8(7)25-2/h3-5H,1-2H3,(H,18,22). The number of methoxy groups -OCH3 is 1. The molecule has 0 fully saturated rings. The molecule has 2 rings (SSSR count). The molecule has 1 N–H and O–H groups in total. The molecule has 0 aliphatic rings. The molecule has 0 bridgehead atoms. The van der Waals surface area contributed by atoms with E-state index in [1.54, 1.807) is 0 Å². The zero-order chi connectivity index (χ0) is 18.9. The zero-order valence-electron chi connectivity index (χ0n) is 12.7. The van der Waals surface area contributed by atoms with Crippen molar-refractivity contribution in [3.63, 3.8) is 0 Å². The Morgan fingerprint density at radius 1 is 1.44 bits per heavy atom. The number of aryl methyl sites for hydroxylation is 1. The van der Waals surface area contributed by atoms with Crippen LogP contribution < -0.4 is 10.1 Å². The van der Waals surface area contributed by atoms with E-state index in [-0.39, 0.29) is 22.8 Å². The number of carbonyl (C=O) groups excluding carboxylic acids is 1. The normalized spacial score (nSPS) is 11.3. The first-order chi connectivity index (χ1) is 11.6. The number of halogens is 4. The number of aromatic nitrogens is 2. The lowest BCUT2D eigenvalue weighted by Crippen LogP contribution is -2.17. The van der Waals surface area contributed by atoms with E-state index < -0.39 is 27.2 Å².